The minimum absolute atomic E-state index is 0.106. The van der Waals surface area contributed by atoms with E-state index < -0.39 is 35.3 Å². The van der Waals surface area contributed by atoms with Gasteiger partial charge in [0.25, 0.3) is 0 Å². The van der Waals surface area contributed by atoms with Gasteiger partial charge in [-0.05, 0) is 44.9 Å². The predicted molar refractivity (Wildman–Crippen MR) is 126 cm³/mol. The highest BCUT2D eigenvalue weighted by Gasteiger charge is 2.26. The topological polar surface area (TPSA) is 64.6 Å². The Hall–Kier alpha value is -2.18. The van der Waals surface area contributed by atoms with Crippen molar-refractivity contribution in [1.82, 2.24) is 5.32 Å². The Balaban J connectivity index is 2.47. The van der Waals surface area contributed by atoms with Gasteiger partial charge in [0.15, 0.2) is 0 Å². The molecule has 0 aromatic heterocycles. The number of alkyl carbamates (subject to hydrolysis) is 1. The van der Waals surface area contributed by atoms with Crippen molar-refractivity contribution in [2.75, 3.05) is 6.61 Å². The first-order valence-corrected chi connectivity index (χ1v) is 12.2. The van der Waals surface area contributed by atoms with Crippen LogP contribution in [0, 0.1) is 11.6 Å². The predicted octanol–water partition coefficient (Wildman–Crippen LogP) is 6.86. The van der Waals surface area contributed by atoms with Gasteiger partial charge >= 0.3 is 12.1 Å². The van der Waals surface area contributed by atoms with Crippen LogP contribution in [0.3, 0.4) is 0 Å². The number of halogens is 2. The maximum atomic E-state index is 13.5. The molecule has 0 unspecified atom stereocenters. The van der Waals surface area contributed by atoms with Crippen molar-refractivity contribution >= 4 is 12.1 Å². The second-order valence-electron chi connectivity index (χ2n) is 9.53. The Morgan fingerprint density at radius 3 is 1.91 bits per heavy atom. The summed E-state index contributed by atoms with van der Waals surface area (Å²) < 4.78 is 37.7. The molecule has 0 aliphatic carbocycles. The first-order chi connectivity index (χ1) is 15.6. The van der Waals surface area contributed by atoms with Gasteiger partial charge in [-0.15, -0.1) is 0 Å². The van der Waals surface area contributed by atoms with Gasteiger partial charge < -0.3 is 14.8 Å². The fourth-order valence-electron chi connectivity index (χ4n) is 3.47. The lowest BCUT2D eigenvalue weighted by molar-refractivity contribution is -0.146. The van der Waals surface area contributed by atoms with Crippen LogP contribution in [0.15, 0.2) is 18.2 Å². The molecule has 33 heavy (non-hydrogen) atoms. The number of amides is 1. The third-order valence-corrected chi connectivity index (χ3v) is 5.08. The lowest BCUT2D eigenvalue weighted by atomic mass is 10.1. The molecule has 1 rings (SSSR count). The molecule has 0 saturated carbocycles. The van der Waals surface area contributed by atoms with Crippen LogP contribution >= 0.6 is 0 Å². The quantitative estimate of drug-likeness (QED) is 0.225. The van der Waals surface area contributed by atoms with Crippen LogP contribution in [0.25, 0.3) is 0 Å². The molecule has 0 fully saturated rings. The van der Waals surface area contributed by atoms with Gasteiger partial charge in [-0.25, -0.2) is 18.4 Å². The number of hydrogen-bond donors (Lipinski definition) is 1. The van der Waals surface area contributed by atoms with E-state index in [1.165, 1.54) is 44.9 Å². The highest BCUT2D eigenvalue weighted by atomic mass is 19.1. The molecule has 0 radical (unpaired) electrons. The van der Waals surface area contributed by atoms with Crippen molar-refractivity contribution in [2.45, 2.75) is 110 Å². The van der Waals surface area contributed by atoms with Crippen molar-refractivity contribution in [3.63, 3.8) is 0 Å². The van der Waals surface area contributed by atoms with Crippen molar-refractivity contribution in [3.8, 4) is 0 Å². The summed E-state index contributed by atoms with van der Waals surface area (Å²) in [7, 11) is 0. The van der Waals surface area contributed by atoms with E-state index in [4.69, 9.17) is 9.47 Å². The molecule has 5 nitrogen and oxygen atoms in total. The lowest BCUT2D eigenvalue weighted by Gasteiger charge is -2.23. The van der Waals surface area contributed by atoms with Gasteiger partial charge in [0, 0.05) is 12.5 Å². The zero-order valence-corrected chi connectivity index (χ0v) is 20.7. The van der Waals surface area contributed by atoms with Crippen LogP contribution < -0.4 is 5.32 Å². The third kappa shape index (κ3) is 14.6. The monoisotopic (exact) mass is 469 g/mol. The smallest absolute Gasteiger partial charge is 0.408 e. The van der Waals surface area contributed by atoms with Gasteiger partial charge in [-0.2, -0.15) is 0 Å². The number of esters is 1. The molecule has 1 atom stereocenters. The average molecular weight is 470 g/mol. The van der Waals surface area contributed by atoms with Crippen LogP contribution in [-0.2, 0) is 20.7 Å². The molecule has 0 bridgehead atoms. The van der Waals surface area contributed by atoms with Crippen molar-refractivity contribution < 1.29 is 27.8 Å². The normalized spacial score (nSPS) is 12.3. The molecule has 0 aliphatic heterocycles. The summed E-state index contributed by atoms with van der Waals surface area (Å²) in [6.45, 7) is 7.55. The number of unbranched alkanes of at least 4 members (excludes halogenated alkanes) is 9. The minimum Gasteiger partial charge on any atom is -0.464 e. The Morgan fingerprint density at radius 2 is 1.39 bits per heavy atom. The zero-order valence-electron chi connectivity index (χ0n) is 20.7. The first kappa shape index (κ1) is 28.9. The minimum atomic E-state index is -1.11. The molecular formula is C26H41F2NO4. The highest BCUT2D eigenvalue weighted by molar-refractivity contribution is 5.81. The van der Waals surface area contributed by atoms with Gasteiger partial charge in [0.05, 0.1) is 6.61 Å². The Kier molecular flexibility index (Phi) is 13.7. The number of carbonyl (C=O) groups excluding carboxylic acids is 2. The van der Waals surface area contributed by atoms with Crippen LogP contribution in [-0.4, -0.2) is 30.3 Å². The highest BCUT2D eigenvalue weighted by Crippen LogP contribution is 2.14. The number of benzene rings is 1. The Bertz CT molecular complexity index is 698. The fourth-order valence-corrected chi connectivity index (χ4v) is 3.47. The molecular weight excluding hydrogens is 428 g/mol. The van der Waals surface area contributed by atoms with Crippen LogP contribution in [0.5, 0.6) is 0 Å². The first-order valence-electron chi connectivity index (χ1n) is 12.2. The molecule has 0 aliphatic rings. The summed E-state index contributed by atoms with van der Waals surface area (Å²) >= 11 is 0. The number of ether oxygens (including phenoxy) is 2. The van der Waals surface area contributed by atoms with E-state index in [0.29, 0.717) is 0 Å². The maximum Gasteiger partial charge on any atom is 0.408 e. The van der Waals surface area contributed by atoms with Gasteiger partial charge in [0.1, 0.15) is 23.3 Å². The molecule has 1 N–H and O–H groups in total. The van der Waals surface area contributed by atoms with Gasteiger partial charge in [-0.1, -0.05) is 64.7 Å². The molecule has 0 spiro atoms. The van der Waals surface area contributed by atoms with E-state index in [9.17, 15) is 18.4 Å². The number of rotatable bonds is 15. The summed E-state index contributed by atoms with van der Waals surface area (Å²) in [6.07, 6.45) is 10.7. The second kappa shape index (κ2) is 15.6. The van der Waals surface area contributed by atoms with Gasteiger partial charge in [-0.3, -0.25) is 0 Å². The van der Waals surface area contributed by atoms with Crippen LogP contribution in [0.1, 0.15) is 97.5 Å². The standard InChI is InChI=1S/C26H41F2NO4/c1-5-6-7-8-9-10-11-12-13-14-15-32-24(30)23(29-25(31)33-26(2,3)4)18-20-16-21(27)19-22(28)17-20/h16-17,19,23H,5-15,18H2,1-4H3,(H,29,31)/t23-/m0/s1. The Labute approximate surface area is 197 Å². The summed E-state index contributed by atoms with van der Waals surface area (Å²) in [5.74, 6) is -2.15. The van der Waals surface area contributed by atoms with E-state index in [2.05, 4.69) is 12.2 Å². The third-order valence-electron chi connectivity index (χ3n) is 5.08. The fraction of sp³-hybridized carbons (Fsp3) is 0.692. The van der Waals surface area contributed by atoms with Crippen LogP contribution in [0.4, 0.5) is 13.6 Å². The van der Waals surface area contributed by atoms with Crippen molar-refractivity contribution in [3.05, 3.63) is 35.4 Å². The van der Waals surface area contributed by atoms with Gasteiger partial charge in [0.2, 0.25) is 0 Å². The Morgan fingerprint density at radius 1 is 0.879 bits per heavy atom. The molecule has 1 aromatic carbocycles. The number of carbonyl (C=O) groups is 2. The molecule has 1 amide bonds. The van der Waals surface area contributed by atoms with Crippen LogP contribution in [0.2, 0.25) is 0 Å². The molecule has 7 heteroatoms. The lowest BCUT2D eigenvalue weighted by Crippen LogP contribution is -2.45. The summed E-state index contributed by atoms with van der Waals surface area (Å²) in [5, 5.41) is 2.47. The molecule has 1 aromatic rings. The SMILES string of the molecule is CCCCCCCCCCCCOC(=O)[C@H](Cc1cc(F)cc(F)c1)NC(=O)OC(C)(C)C. The van der Waals surface area contributed by atoms with E-state index in [1.807, 2.05) is 0 Å². The number of nitrogens with one attached hydrogen (secondary N) is 1. The molecule has 188 valence electrons. The van der Waals surface area contributed by atoms with Crippen molar-refractivity contribution in [1.29, 1.82) is 0 Å². The maximum absolute atomic E-state index is 13.5. The van der Waals surface area contributed by atoms with E-state index in [0.717, 1.165) is 37.5 Å². The van der Waals surface area contributed by atoms with E-state index in [1.54, 1.807) is 20.8 Å². The number of hydrogen-bond acceptors (Lipinski definition) is 4. The average Bonchev–Trinajstić information content (AvgIpc) is 2.69. The van der Waals surface area contributed by atoms with Crippen molar-refractivity contribution in [2.24, 2.45) is 0 Å². The van der Waals surface area contributed by atoms with E-state index in [-0.39, 0.29) is 18.6 Å². The summed E-state index contributed by atoms with van der Waals surface area (Å²) in [6, 6.07) is 1.90. The second-order valence-corrected chi connectivity index (χ2v) is 9.53. The molecule has 0 heterocycles. The summed E-state index contributed by atoms with van der Waals surface area (Å²) in [5.41, 5.74) is -0.510. The largest absolute Gasteiger partial charge is 0.464 e. The van der Waals surface area contributed by atoms with E-state index >= 15 is 0 Å². The summed E-state index contributed by atoms with van der Waals surface area (Å²) in [4.78, 5) is 24.8. The molecule has 0 saturated heterocycles. The zero-order chi connectivity index (χ0) is 24.7.